The molecule has 3 atom stereocenters. The van der Waals surface area contributed by atoms with Crippen molar-refractivity contribution < 1.29 is 14.7 Å². The summed E-state index contributed by atoms with van der Waals surface area (Å²) in [5.41, 5.74) is 3.75. The number of benzene rings is 2. The summed E-state index contributed by atoms with van der Waals surface area (Å²) in [6, 6.07) is 17.3. The number of fused-ring (bicyclic) bond motifs is 1. The first-order valence-electron chi connectivity index (χ1n) is 9.87. The van der Waals surface area contributed by atoms with E-state index in [9.17, 15) is 14.7 Å². The minimum atomic E-state index is -0.243. The van der Waals surface area contributed by atoms with Crippen LogP contribution in [0, 0.1) is 11.3 Å². The highest BCUT2D eigenvalue weighted by Gasteiger charge is 2.54. The SMILES string of the molecule is CCC(=O)N1CC(=O)N2[C@H](CO)[C@@H](c3ccc(-c4ccc(C#N)cc4)cc3)[C@H]2C1. The Kier molecular flexibility index (Phi) is 5.08. The van der Waals surface area contributed by atoms with Crippen molar-refractivity contribution in [2.45, 2.75) is 31.3 Å². The molecule has 0 aliphatic carbocycles. The maximum Gasteiger partial charge on any atom is 0.242 e. The average Bonchev–Trinajstić information content (AvgIpc) is 2.75. The Morgan fingerprint density at radius 3 is 2.31 bits per heavy atom. The van der Waals surface area contributed by atoms with Gasteiger partial charge >= 0.3 is 0 Å². The largest absolute Gasteiger partial charge is 0.394 e. The number of nitrogens with zero attached hydrogens (tertiary/aromatic N) is 3. The van der Waals surface area contributed by atoms with Crippen LogP contribution in [0.5, 0.6) is 0 Å². The Balaban J connectivity index is 1.57. The van der Waals surface area contributed by atoms with E-state index in [-0.39, 0.29) is 43.0 Å². The number of hydrogen-bond donors (Lipinski definition) is 1. The lowest BCUT2D eigenvalue weighted by molar-refractivity contribution is -0.166. The first-order chi connectivity index (χ1) is 14.1. The third-order valence-corrected chi connectivity index (χ3v) is 6.05. The van der Waals surface area contributed by atoms with E-state index in [4.69, 9.17) is 5.26 Å². The lowest BCUT2D eigenvalue weighted by Crippen LogP contribution is -2.73. The summed E-state index contributed by atoms with van der Waals surface area (Å²) >= 11 is 0. The topological polar surface area (TPSA) is 84.6 Å². The van der Waals surface area contributed by atoms with Crippen LogP contribution in [0.3, 0.4) is 0 Å². The number of aliphatic hydroxyl groups excluding tert-OH is 1. The van der Waals surface area contributed by atoms with Crippen LogP contribution in [0.4, 0.5) is 0 Å². The molecular weight excluding hydrogens is 366 g/mol. The maximum absolute atomic E-state index is 12.5. The van der Waals surface area contributed by atoms with Gasteiger partial charge in [-0.25, -0.2) is 0 Å². The Hall–Kier alpha value is -3.17. The third-order valence-electron chi connectivity index (χ3n) is 6.05. The molecular formula is C23H23N3O3. The zero-order valence-corrected chi connectivity index (χ0v) is 16.3. The molecule has 2 saturated heterocycles. The molecule has 2 aliphatic rings. The molecule has 2 aromatic rings. The van der Waals surface area contributed by atoms with Crippen LogP contribution in [-0.2, 0) is 9.59 Å². The minimum absolute atomic E-state index is 0.00595. The van der Waals surface area contributed by atoms with E-state index in [2.05, 4.69) is 6.07 Å². The van der Waals surface area contributed by atoms with E-state index in [1.54, 1.807) is 28.9 Å². The van der Waals surface area contributed by atoms with Gasteiger partial charge in [-0.1, -0.05) is 43.3 Å². The highest BCUT2D eigenvalue weighted by Crippen LogP contribution is 2.43. The van der Waals surface area contributed by atoms with E-state index in [0.717, 1.165) is 16.7 Å². The molecule has 6 nitrogen and oxygen atoms in total. The Morgan fingerprint density at radius 1 is 1.14 bits per heavy atom. The van der Waals surface area contributed by atoms with Gasteiger partial charge in [0.25, 0.3) is 0 Å². The maximum atomic E-state index is 12.5. The number of amides is 2. The van der Waals surface area contributed by atoms with Crippen molar-refractivity contribution in [3.8, 4) is 17.2 Å². The fourth-order valence-electron chi connectivity index (χ4n) is 4.55. The van der Waals surface area contributed by atoms with Crippen LogP contribution < -0.4 is 0 Å². The molecule has 0 aromatic heterocycles. The number of carbonyl (C=O) groups excluding carboxylic acids is 2. The first-order valence-corrected chi connectivity index (χ1v) is 9.87. The van der Waals surface area contributed by atoms with Gasteiger partial charge in [-0.05, 0) is 28.8 Å². The molecule has 2 aliphatic heterocycles. The van der Waals surface area contributed by atoms with E-state index >= 15 is 0 Å². The summed E-state index contributed by atoms with van der Waals surface area (Å²) < 4.78 is 0. The van der Waals surface area contributed by atoms with Gasteiger partial charge < -0.3 is 14.9 Å². The fraction of sp³-hybridized carbons (Fsp3) is 0.348. The second kappa shape index (κ2) is 7.69. The van der Waals surface area contributed by atoms with E-state index < -0.39 is 0 Å². The average molecular weight is 389 g/mol. The van der Waals surface area contributed by atoms with Crippen LogP contribution in [0.2, 0.25) is 0 Å². The Bertz CT molecular complexity index is 962. The fourth-order valence-corrected chi connectivity index (χ4v) is 4.55. The summed E-state index contributed by atoms with van der Waals surface area (Å²) in [5.74, 6) is -0.0978. The monoisotopic (exact) mass is 389 g/mol. The molecule has 6 heteroatoms. The van der Waals surface area contributed by atoms with Gasteiger partial charge in [0, 0.05) is 18.9 Å². The number of carbonyl (C=O) groups is 2. The molecule has 0 unspecified atom stereocenters. The standard InChI is InChI=1S/C23H23N3O3/c1-2-21(28)25-12-19-23(20(14-27)26(19)22(29)13-25)18-9-7-17(8-10-18)16-5-3-15(11-24)4-6-16/h3-10,19-20,23,27H,2,12-14H2,1H3/t19-,20-,23+/m1/s1. The van der Waals surface area contributed by atoms with Gasteiger partial charge in [0.2, 0.25) is 11.8 Å². The quantitative estimate of drug-likeness (QED) is 0.868. The number of aliphatic hydroxyl groups is 1. The van der Waals surface area contributed by atoms with E-state index in [0.29, 0.717) is 18.5 Å². The van der Waals surface area contributed by atoms with Crippen molar-refractivity contribution in [1.29, 1.82) is 5.26 Å². The molecule has 1 N–H and O–H groups in total. The smallest absolute Gasteiger partial charge is 0.242 e. The van der Waals surface area contributed by atoms with Gasteiger partial charge in [-0.2, -0.15) is 5.26 Å². The summed E-state index contributed by atoms with van der Waals surface area (Å²) in [4.78, 5) is 28.0. The Labute approximate surface area is 170 Å². The summed E-state index contributed by atoms with van der Waals surface area (Å²) in [7, 11) is 0. The van der Waals surface area contributed by atoms with E-state index in [1.165, 1.54) is 0 Å². The molecule has 0 bridgehead atoms. The van der Waals surface area contributed by atoms with Gasteiger partial charge in [0.1, 0.15) is 0 Å². The van der Waals surface area contributed by atoms with Crippen molar-refractivity contribution in [3.63, 3.8) is 0 Å². The number of nitriles is 1. The summed E-state index contributed by atoms with van der Waals surface area (Å²) in [5, 5.41) is 18.8. The molecule has 2 amide bonds. The van der Waals surface area contributed by atoms with Gasteiger partial charge in [0.05, 0.1) is 36.9 Å². The van der Waals surface area contributed by atoms with Crippen LogP contribution in [0.1, 0.15) is 30.4 Å². The molecule has 2 heterocycles. The number of rotatable bonds is 4. The second-order valence-corrected chi connectivity index (χ2v) is 7.58. The second-order valence-electron chi connectivity index (χ2n) is 7.58. The molecule has 148 valence electrons. The highest BCUT2D eigenvalue weighted by atomic mass is 16.3. The van der Waals surface area contributed by atoms with Crippen molar-refractivity contribution >= 4 is 11.8 Å². The van der Waals surface area contributed by atoms with Crippen molar-refractivity contribution in [2.24, 2.45) is 0 Å². The van der Waals surface area contributed by atoms with Crippen molar-refractivity contribution in [1.82, 2.24) is 9.80 Å². The molecule has 4 rings (SSSR count). The Morgan fingerprint density at radius 2 is 1.76 bits per heavy atom. The molecule has 2 fully saturated rings. The summed E-state index contributed by atoms with van der Waals surface area (Å²) in [6.07, 6.45) is 0.382. The molecule has 0 saturated carbocycles. The molecule has 0 radical (unpaired) electrons. The lowest BCUT2D eigenvalue weighted by Gasteiger charge is -2.58. The zero-order chi connectivity index (χ0) is 20.5. The zero-order valence-electron chi connectivity index (χ0n) is 16.3. The lowest BCUT2D eigenvalue weighted by atomic mass is 9.73. The number of hydrogen-bond acceptors (Lipinski definition) is 4. The van der Waals surface area contributed by atoms with Gasteiger partial charge in [-0.15, -0.1) is 0 Å². The van der Waals surface area contributed by atoms with Crippen molar-refractivity contribution in [3.05, 3.63) is 59.7 Å². The van der Waals surface area contributed by atoms with Gasteiger partial charge in [-0.3, -0.25) is 9.59 Å². The van der Waals surface area contributed by atoms with Crippen LogP contribution in [0.15, 0.2) is 48.5 Å². The normalized spacial score (nSPS) is 23.2. The third kappa shape index (κ3) is 3.28. The van der Waals surface area contributed by atoms with Gasteiger partial charge in [0.15, 0.2) is 0 Å². The van der Waals surface area contributed by atoms with Crippen molar-refractivity contribution in [2.75, 3.05) is 19.7 Å². The highest BCUT2D eigenvalue weighted by molar-refractivity contribution is 5.87. The predicted octanol–water partition coefficient (Wildman–Crippen LogP) is 2.13. The number of piperazine rings is 1. The molecule has 2 aromatic carbocycles. The predicted molar refractivity (Wildman–Crippen MR) is 108 cm³/mol. The van der Waals surface area contributed by atoms with Crippen LogP contribution >= 0.6 is 0 Å². The summed E-state index contributed by atoms with van der Waals surface area (Å²) in [6.45, 7) is 2.32. The van der Waals surface area contributed by atoms with Crippen LogP contribution in [-0.4, -0.2) is 58.5 Å². The van der Waals surface area contributed by atoms with Crippen LogP contribution in [0.25, 0.3) is 11.1 Å². The van der Waals surface area contributed by atoms with E-state index in [1.807, 2.05) is 36.4 Å². The first kappa shape index (κ1) is 19.2. The molecule has 0 spiro atoms. The molecule has 29 heavy (non-hydrogen) atoms. The minimum Gasteiger partial charge on any atom is -0.394 e.